The Hall–Kier alpha value is -0.560. The third-order valence-corrected chi connectivity index (χ3v) is 10.6. The summed E-state index contributed by atoms with van der Waals surface area (Å²) < 4.78 is 0. The van der Waals surface area contributed by atoms with E-state index in [0.717, 1.165) is 48.3 Å². The minimum absolute atomic E-state index is 0.0853. The summed E-state index contributed by atoms with van der Waals surface area (Å²) in [5.41, 5.74) is 2.53. The largest absolute Gasteiger partial charge is 0.393 e. The van der Waals surface area contributed by atoms with Crippen molar-refractivity contribution >= 4 is 0 Å². The summed E-state index contributed by atoms with van der Waals surface area (Å²) in [6.07, 6.45) is 19.1. The maximum absolute atomic E-state index is 10.2. The van der Waals surface area contributed by atoms with E-state index in [4.69, 9.17) is 0 Å². The minimum Gasteiger partial charge on any atom is -0.393 e. The predicted molar refractivity (Wildman–Crippen MR) is 128 cm³/mol. The Morgan fingerprint density at radius 1 is 1.00 bits per heavy atom. The van der Waals surface area contributed by atoms with Gasteiger partial charge in [-0.3, -0.25) is 0 Å². The average Bonchev–Trinajstić information content (AvgIpc) is 3.01. The van der Waals surface area contributed by atoms with Gasteiger partial charge in [0.1, 0.15) is 0 Å². The Kier molecular flexibility index (Phi) is 6.35. The van der Waals surface area contributed by atoms with Crippen molar-refractivity contribution in [1.29, 1.82) is 0 Å². The van der Waals surface area contributed by atoms with E-state index in [1.807, 2.05) is 0 Å². The molecule has 6 unspecified atom stereocenters. The number of aliphatic hydroxyl groups is 1. The van der Waals surface area contributed by atoms with Crippen LogP contribution in [-0.4, -0.2) is 11.2 Å². The molecule has 0 radical (unpaired) electrons. The maximum atomic E-state index is 10.2. The molecule has 0 saturated heterocycles. The molecule has 7 atom stereocenters. The molecule has 0 aromatic carbocycles. The minimum atomic E-state index is -0.0853. The van der Waals surface area contributed by atoms with Crippen molar-refractivity contribution in [1.82, 2.24) is 0 Å². The molecule has 1 heteroatoms. The lowest BCUT2D eigenvalue weighted by Gasteiger charge is -2.58. The summed E-state index contributed by atoms with van der Waals surface area (Å²) in [5.74, 6) is 5.75. The predicted octanol–water partition coefficient (Wildman–Crippen LogP) is 7.80. The molecule has 1 N–H and O–H groups in total. The lowest BCUT2D eigenvalue weighted by Crippen LogP contribution is -2.50. The zero-order valence-corrected chi connectivity index (χ0v) is 20.7. The van der Waals surface area contributed by atoms with E-state index >= 15 is 0 Å². The molecule has 0 amide bonds. The Morgan fingerprint density at radius 3 is 2.43 bits per heavy atom. The molecule has 170 valence electrons. The van der Waals surface area contributed by atoms with E-state index in [-0.39, 0.29) is 6.10 Å². The van der Waals surface area contributed by atoms with E-state index < -0.39 is 0 Å². The second kappa shape index (κ2) is 8.42. The molecule has 0 aromatic rings. The first kappa shape index (κ1) is 22.6. The first-order valence-electron chi connectivity index (χ1n) is 13.2. The van der Waals surface area contributed by atoms with E-state index in [9.17, 15) is 5.11 Å². The van der Waals surface area contributed by atoms with Gasteiger partial charge in [-0.05, 0) is 110 Å². The molecule has 0 spiro atoms. The van der Waals surface area contributed by atoms with E-state index in [2.05, 4.69) is 59.8 Å². The highest BCUT2D eigenvalue weighted by molar-refractivity contribution is 5.25. The summed E-state index contributed by atoms with van der Waals surface area (Å²) in [5, 5.41) is 10.2. The highest BCUT2D eigenvalue weighted by Gasteiger charge is 2.58. The molecule has 4 aliphatic rings. The first-order chi connectivity index (χ1) is 14.2. The van der Waals surface area contributed by atoms with Crippen LogP contribution in [0.5, 0.6) is 0 Å². The molecule has 3 saturated carbocycles. The highest BCUT2D eigenvalue weighted by atomic mass is 16.3. The van der Waals surface area contributed by atoms with Gasteiger partial charge in [0.2, 0.25) is 0 Å². The number of rotatable bonds is 5. The molecule has 4 aliphatic carbocycles. The number of hydrogen-bond donors (Lipinski definition) is 1. The monoisotopic (exact) mass is 412 g/mol. The Balaban J connectivity index is 1.48. The van der Waals surface area contributed by atoms with Crippen LogP contribution in [-0.2, 0) is 0 Å². The number of fused-ring (bicyclic) bond motifs is 5. The van der Waals surface area contributed by atoms with Gasteiger partial charge in [0.15, 0.2) is 0 Å². The van der Waals surface area contributed by atoms with Gasteiger partial charge in [0, 0.05) is 0 Å². The highest BCUT2D eigenvalue weighted by Crippen LogP contribution is 2.66. The lowest BCUT2D eigenvalue weighted by molar-refractivity contribution is -0.0492. The number of hydrogen-bond acceptors (Lipinski definition) is 1. The van der Waals surface area contributed by atoms with Crippen molar-refractivity contribution in [2.75, 3.05) is 0 Å². The van der Waals surface area contributed by atoms with Gasteiger partial charge in [-0.1, -0.05) is 65.3 Å². The van der Waals surface area contributed by atoms with Crippen LogP contribution in [0, 0.1) is 52.3 Å². The van der Waals surface area contributed by atoms with Crippen molar-refractivity contribution in [3.63, 3.8) is 0 Å². The fourth-order valence-corrected chi connectivity index (χ4v) is 8.75. The lowest BCUT2D eigenvalue weighted by atomic mass is 9.47. The molecule has 4 rings (SSSR count). The number of aliphatic hydroxyl groups excluding tert-OH is 1. The standard InChI is InChI=1S/C29H48O/c1-19(2)24(20(3)4)9-7-8-21-11-13-26-25-12-10-22-18-23(30)14-16-29(22,6)27(25)15-17-28(21,26)5/h7,9-10,19-21,23-27,30H,8,11-18H2,1-6H3/b9-7+/t21?,23-,25?,26?,27?,28?,29?/m0/s1. The summed E-state index contributed by atoms with van der Waals surface area (Å²) in [6, 6.07) is 0. The van der Waals surface area contributed by atoms with Gasteiger partial charge in [-0.25, -0.2) is 0 Å². The van der Waals surface area contributed by atoms with Crippen molar-refractivity contribution in [3.05, 3.63) is 23.8 Å². The molecule has 1 nitrogen and oxygen atoms in total. The van der Waals surface area contributed by atoms with Gasteiger partial charge in [-0.15, -0.1) is 0 Å². The molecular weight excluding hydrogens is 364 g/mol. The quantitative estimate of drug-likeness (QED) is 0.457. The fourth-order valence-electron chi connectivity index (χ4n) is 8.75. The summed E-state index contributed by atoms with van der Waals surface area (Å²) in [6.45, 7) is 14.7. The fraction of sp³-hybridized carbons (Fsp3) is 0.862. The van der Waals surface area contributed by atoms with Crippen molar-refractivity contribution in [3.8, 4) is 0 Å². The molecule has 0 aromatic heterocycles. The van der Waals surface area contributed by atoms with Gasteiger partial charge in [0.25, 0.3) is 0 Å². The number of allylic oxidation sites excluding steroid dienone is 3. The van der Waals surface area contributed by atoms with Crippen molar-refractivity contribution < 1.29 is 5.11 Å². The summed E-state index contributed by atoms with van der Waals surface area (Å²) in [4.78, 5) is 0. The van der Waals surface area contributed by atoms with Crippen LogP contribution in [0.4, 0.5) is 0 Å². The van der Waals surface area contributed by atoms with Crippen LogP contribution in [0.3, 0.4) is 0 Å². The molecular formula is C29H48O. The summed E-state index contributed by atoms with van der Waals surface area (Å²) in [7, 11) is 0. The summed E-state index contributed by atoms with van der Waals surface area (Å²) >= 11 is 0. The van der Waals surface area contributed by atoms with E-state index in [1.165, 1.54) is 44.9 Å². The van der Waals surface area contributed by atoms with Gasteiger partial charge in [0.05, 0.1) is 6.10 Å². The third kappa shape index (κ3) is 3.76. The van der Waals surface area contributed by atoms with Crippen LogP contribution in [0.1, 0.15) is 99.3 Å². The Bertz CT molecular complexity index is 664. The van der Waals surface area contributed by atoms with Crippen LogP contribution in [0.15, 0.2) is 23.8 Å². The molecule has 3 fully saturated rings. The van der Waals surface area contributed by atoms with Gasteiger partial charge < -0.3 is 5.11 Å². The van der Waals surface area contributed by atoms with Crippen LogP contribution >= 0.6 is 0 Å². The smallest absolute Gasteiger partial charge is 0.0577 e. The molecule has 0 bridgehead atoms. The zero-order chi connectivity index (χ0) is 21.7. The normalized spacial score (nSPS) is 43.8. The Labute approximate surface area is 186 Å². The second-order valence-electron chi connectivity index (χ2n) is 12.7. The first-order valence-corrected chi connectivity index (χ1v) is 13.2. The second-order valence-corrected chi connectivity index (χ2v) is 12.7. The Morgan fingerprint density at radius 2 is 1.73 bits per heavy atom. The molecule has 30 heavy (non-hydrogen) atoms. The maximum Gasteiger partial charge on any atom is 0.0577 e. The zero-order valence-electron chi connectivity index (χ0n) is 20.7. The van der Waals surface area contributed by atoms with E-state index in [1.54, 1.807) is 5.57 Å². The third-order valence-electron chi connectivity index (χ3n) is 10.6. The van der Waals surface area contributed by atoms with Crippen LogP contribution in [0.2, 0.25) is 0 Å². The van der Waals surface area contributed by atoms with Crippen LogP contribution < -0.4 is 0 Å². The van der Waals surface area contributed by atoms with Gasteiger partial charge in [-0.2, -0.15) is 0 Å². The van der Waals surface area contributed by atoms with E-state index in [0.29, 0.717) is 16.7 Å². The van der Waals surface area contributed by atoms with Crippen molar-refractivity contribution in [2.24, 2.45) is 52.3 Å². The average molecular weight is 413 g/mol. The van der Waals surface area contributed by atoms with Gasteiger partial charge >= 0.3 is 0 Å². The topological polar surface area (TPSA) is 20.2 Å². The molecule has 0 heterocycles. The van der Waals surface area contributed by atoms with Crippen molar-refractivity contribution in [2.45, 2.75) is 105 Å². The molecule has 0 aliphatic heterocycles. The van der Waals surface area contributed by atoms with Crippen LogP contribution in [0.25, 0.3) is 0 Å². The SMILES string of the molecule is CC(C)C(/C=C/CC1CCC2C3CC=C4C[C@@H](O)CCC4(C)C3CCC12C)C(C)C.